The van der Waals surface area contributed by atoms with Crippen molar-refractivity contribution in [2.75, 3.05) is 60.2 Å². The van der Waals surface area contributed by atoms with E-state index >= 15 is 0 Å². The molecule has 0 bridgehead atoms. The van der Waals surface area contributed by atoms with Crippen molar-refractivity contribution in [3.63, 3.8) is 0 Å². The Morgan fingerprint density at radius 3 is 2.23 bits per heavy atom. The molecule has 0 aromatic heterocycles. The Morgan fingerprint density at radius 2 is 1.64 bits per heavy atom. The zero-order chi connectivity index (χ0) is 15.9. The molecule has 0 saturated heterocycles. The molecule has 1 amide bonds. The topological polar surface area (TPSA) is 75.2 Å². The third kappa shape index (κ3) is 14.3. The Balaban J connectivity index is 0. The average molecular weight is 430 g/mol. The summed E-state index contributed by atoms with van der Waals surface area (Å²) in [7, 11) is 3.44. The Bertz CT molecular complexity index is 302. The van der Waals surface area contributed by atoms with E-state index in [1.165, 1.54) is 4.90 Å². The third-order valence-electron chi connectivity index (χ3n) is 2.58. The van der Waals surface area contributed by atoms with E-state index in [0.29, 0.717) is 32.3 Å². The molecule has 0 heterocycles. The van der Waals surface area contributed by atoms with Crippen LogP contribution in [-0.4, -0.2) is 76.9 Å². The highest BCUT2D eigenvalue weighted by atomic mass is 127. The van der Waals surface area contributed by atoms with Gasteiger partial charge in [0.25, 0.3) is 0 Å². The second-order valence-corrected chi connectivity index (χ2v) is 4.55. The number of likely N-dealkylation sites (N-methyl/N-ethyl adjacent to an activating group) is 1. The number of nitrogens with one attached hydrogen (secondary N) is 2. The number of amides is 1. The molecule has 0 radical (unpaired) electrons. The van der Waals surface area contributed by atoms with Crippen LogP contribution in [0.25, 0.3) is 0 Å². The summed E-state index contributed by atoms with van der Waals surface area (Å²) in [5.74, 6) is 0.594. The molecule has 22 heavy (non-hydrogen) atoms. The summed E-state index contributed by atoms with van der Waals surface area (Å²) in [6.45, 7) is 8.20. The molecule has 0 aliphatic carbocycles. The van der Waals surface area contributed by atoms with Crippen LogP contribution in [0.5, 0.6) is 0 Å². The molecule has 0 atom stereocenters. The van der Waals surface area contributed by atoms with E-state index in [-0.39, 0.29) is 36.4 Å². The van der Waals surface area contributed by atoms with Crippen LogP contribution in [0.2, 0.25) is 0 Å². The molecule has 0 rings (SSSR count). The number of hydrogen-bond donors (Lipinski definition) is 2. The summed E-state index contributed by atoms with van der Waals surface area (Å²) >= 11 is 0. The SMILES string of the molecule is CCOCCCNC(=NCC(=O)N(C)C)NCCOCC.I. The molecule has 0 fully saturated rings. The number of hydrogen-bond acceptors (Lipinski definition) is 4. The zero-order valence-electron chi connectivity index (χ0n) is 14.2. The van der Waals surface area contributed by atoms with E-state index in [9.17, 15) is 4.79 Å². The summed E-state index contributed by atoms with van der Waals surface area (Å²) in [6, 6.07) is 0. The van der Waals surface area contributed by atoms with Gasteiger partial charge in [-0.05, 0) is 20.3 Å². The Labute approximate surface area is 151 Å². The van der Waals surface area contributed by atoms with Gasteiger partial charge in [0.15, 0.2) is 5.96 Å². The molecule has 132 valence electrons. The van der Waals surface area contributed by atoms with Gasteiger partial charge in [-0.2, -0.15) is 0 Å². The fraction of sp³-hybridized carbons (Fsp3) is 0.857. The lowest BCUT2D eigenvalue weighted by Crippen LogP contribution is -2.40. The lowest BCUT2D eigenvalue weighted by molar-refractivity contribution is -0.127. The summed E-state index contributed by atoms with van der Waals surface area (Å²) in [5.41, 5.74) is 0. The maximum Gasteiger partial charge on any atom is 0.243 e. The normalized spacial score (nSPS) is 10.8. The van der Waals surface area contributed by atoms with E-state index in [0.717, 1.165) is 19.6 Å². The summed E-state index contributed by atoms with van der Waals surface area (Å²) in [5, 5.41) is 6.32. The molecule has 0 aliphatic heterocycles. The van der Waals surface area contributed by atoms with E-state index < -0.39 is 0 Å². The van der Waals surface area contributed by atoms with Crippen molar-refractivity contribution in [1.82, 2.24) is 15.5 Å². The number of carbonyl (C=O) groups excluding carboxylic acids is 1. The van der Waals surface area contributed by atoms with Crippen molar-refractivity contribution >= 4 is 35.8 Å². The summed E-state index contributed by atoms with van der Waals surface area (Å²) in [6.07, 6.45) is 0.891. The van der Waals surface area contributed by atoms with Crippen molar-refractivity contribution in [2.45, 2.75) is 20.3 Å². The van der Waals surface area contributed by atoms with Gasteiger partial charge in [-0.3, -0.25) is 4.79 Å². The number of nitrogens with zero attached hydrogens (tertiary/aromatic N) is 2. The van der Waals surface area contributed by atoms with E-state index in [1.807, 2.05) is 13.8 Å². The molecule has 7 nitrogen and oxygen atoms in total. The molecule has 0 aromatic rings. The summed E-state index contributed by atoms with van der Waals surface area (Å²) < 4.78 is 10.5. The highest BCUT2D eigenvalue weighted by molar-refractivity contribution is 14.0. The van der Waals surface area contributed by atoms with Crippen molar-refractivity contribution < 1.29 is 14.3 Å². The minimum absolute atomic E-state index is 0. The van der Waals surface area contributed by atoms with Gasteiger partial charge in [-0.15, -0.1) is 24.0 Å². The van der Waals surface area contributed by atoms with Gasteiger partial charge in [0.1, 0.15) is 6.54 Å². The lowest BCUT2D eigenvalue weighted by atomic mass is 10.4. The van der Waals surface area contributed by atoms with Crippen molar-refractivity contribution in [1.29, 1.82) is 0 Å². The Morgan fingerprint density at radius 1 is 1.05 bits per heavy atom. The van der Waals surface area contributed by atoms with E-state index in [1.54, 1.807) is 14.1 Å². The number of guanidine groups is 1. The minimum Gasteiger partial charge on any atom is -0.382 e. The Kier molecular flexibility index (Phi) is 18.0. The first-order valence-electron chi connectivity index (χ1n) is 7.49. The molecular weight excluding hydrogens is 399 g/mol. The number of carbonyl (C=O) groups is 1. The molecule has 0 spiro atoms. The van der Waals surface area contributed by atoms with Gasteiger partial charge in [0.2, 0.25) is 5.91 Å². The lowest BCUT2D eigenvalue weighted by Gasteiger charge is -2.13. The first-order valence-corrected chi connectivity index (χ1v) is 7.49. The first kappa shape index (κ1) is 23.7. The molecule has 8 heteroatoms. The largest absolute Gasteiger partial charge is 0.382 e. The van der Waals surface area contributed by atoms with Crippen molar-refractivity contribution in [2.24, 2.45) is 4.99 Å². The predicted molar refractivity (Wildman–Crippen MR) is 100 cm³/mol. The zero-order valence-corrected chi connectivity index (χ0v) is 16.5. The standard InChI is InChI=1S/C14H30N4O3.HI/c1-5-20-10-7-8-15-14(16-9-11-21-6-2)17-12-13(19)18(3)4;/h5-12H2,1-4H3,(H2,15,16,17);1H. The molecule has 2 N–H and O–H groups in total. The van der Waals surface area contributed by atoms with Crippen LogP contribution >= 0.6 is 24.0 Å². The fourth-order valence-electron chi connectivity index (χ4n) is 1.37. The van der Waals surface area contributed by atoms with Crippen LogP contribution in [0, 0.1) is 0 Å². The average Bonchev–Trinajstić information content (AvgIpc) is 2.47. The number of aliphatic imine (C=N–C) groups is 1. The van der Waals surface area contributed by atoms with E-state index in [2.05, 4.69) is 15.6 Å². The van der Waals surface area contributed by atoms with Crippen molar-refractivity contribution in [3.8, 4) is 0 Å². The predicted octanol–water partition coefficient (Wildman–Crippen LogP) is 0.691. The molecule has 0 saturated carbocycles. The van der Waals surface area contributed by atoms with Gasteiger partial charge in [-0.25, -0.2) is 4.99 Å². The minimum atomic E-state index is -0.0322. The van der Waals surface area contributed by atoms with Crippen molar-refractivity contribution in [3.05, 3.63) is 0 Å². The first-order chi connectivity index (χ1) is 10.1. The second kappa shape index (κ2) is 16.8. The number of halogens is 1. The van der Waals surface area contributed by atoms with Gasteiger partial charge in [-0.1, -0.05) is 0 Å². The molecule has 0 unspecified atom stereocenters. The van der Waals surface area contributed by atoms with Gasteiger partial charge < -0.3 is 25.0 Å². The van der Waals surface area contributed by atoms with Crippen LogP contribution in [0.3, 0.4) is 0 Å². The number of ether oxygens (including phenoxy) is 2. The number of rotatable bonds is 11. The molecule has 0 aliphatic rings. The highest BCUT2D eigenvalue weighted by Crippen LogP contribution is 1.84. The molecule has 0 aromatic carbocycles. The third-order valence-corrected chi connectivity index (χ3v) is 2.58. The van der Waals surface area contributed by atoms with Crippen LogP contribution in [0.15, 0.2) is 4.99 Å². The van der Waals surface area contributed by atoms with Crippen LogP contribution in [-0.2, 0) is 14.3 Å². The van der Waals surface area contributed by atoms with Gasteiger partial charge >= 0.3 is 0 Å². The van der Waals surface area contributed by atoms with Crippen LogP contribution in [0.4, 0.5) is 0 Å². The quantitative estimate of drug-likeness (QED) is 0.218. The smallest absolute Gasteiger partial charge is 0.243 e. The Hall–Kier alpha value is -0.610. The maximum atomic E-state index is 11.6. The summed E-state index contributed by atoms with van der Waals surface area (Å²) in [4.78, 5) is 17.3. The van der Waals surface area contributed by atoms with Gasteiger partial charge in [0, 0.05) is 47.0 Å². The van der Waals surface area contributed by atoms with E-state index in [4.69, 9.17) is 9.47 Å². The second-order valence-electron chi connectivity index (χ2n) is 4.55. The monoisotopic (exact) mass is 430 g/mol. The van der Waals surface area contributed by atoms with Crippen LogP contribution in [0.1, 0.15) is 20.3 Å². The fourth-order valence-corrected chi connectivity index (χ4v) is 1.37. The maximum absolute atomic E-state index is 11.6. The van der Waals surface area contributed by atoms with Gasteiger partial charge in [0.05, 0.1) is 6.61 Å². The van der Waals surface area contributed by atoms with Crippen LogP contribution < -0.4 is 10.6 Å². The molecular formula is C14H31IN4O3. The highest BCUT2D eigenvalue weighted by Gasteiger charge is 2.04.